The van der Waals surface area contributed by atoms with Crippen molar-refractivity contribution in [2.45, 2.75) is 6.92 Å². The zero-order valence-electron chi connectivity index (χ0n) is 26.9. The highest BCUT2D eigenvalue weighted by Gasteiger charge is 2.17. The number of anilines is 6. The van der Waals surface area contributed by atoms with Gasteiger partial charge in [-0.1, -0.05) is 22.7 Å². The number of amides is 2. The summed E-state index contributed by atoms with van der Waals surface area (Å²) < 4.78 is 1.75. The number of hydrogen-bond donors (Lipinski definition) is 2. The molecule has 0 atom stereocenters. The van der Waals surface area contributed by atoms with E-state index in [1.807, 2.05) is 42.1 Å². The van der Waals surface area contributed by atoms with Crippen molar-refractivity contribution in [2.75, 3.05) is 34.0 Å². The summed E-state index contributed by atoms with van der Waals surface area (Å²) in [6.45, 7) is 2.64. The minimum atomic E-state index is -0.370. The molecule has 0 aliphatic rings. The van der Waals surface area contributed by atoms with Gasteiger partial charge in [0.05, 0.1) is 77.3 Å². The third kappa shape index (κ3) is 7.67. The molecule has 13 nitrogen and oxygen atoms in total. The van der Waals surface area contributed by atoms with E-state index < -0.39 is 0 Å². The van der Waals surface area contributed by atoms with Crippen LogP contribution in [-0.2, 0) is 0 Å². The second-order valence-electron chi connectivity index (χ2n) is 10.9. The van der Waals surface area contributed by atoms with Crippen LogP contribution in [0.25, 0.3) is 5.69 Å². The average molecular weight is 683 g/mol. The van der Waals surface area contributed by atoms with Crippen LogP contribution in [0.1, 0.15) is 33.2 Å². The number of nitrogens with one attached hydrogen (secondary N) is 2. The first-order valence-electron chi connectivity index (χ1n) is 15.3. The second kappa shape index (κ2) is 15.0. The van der Waals surface area contributed by atoms with E-state index in [4.69, 9.17) is 16.9 Å². The summed E-state index contributed by atoms with van der Waals surface area (Å²) in [6.07, 6.45) is 16.5. The molecule has 2 aromatic carbocycles. The molecule has 2 N–H and O–H groups in total. The molecule has 0 saturated carbocycles. The molecule has 0 radical (unpaired) electrons. The Morgan fingerprint density at radius 3 is 2.16 bits per heavy atom. The van der Waals surface area contributed by atoms with Gasteiger partial charge in [-0.3, -0.25) is 19.6 Å². The summed E-state index contributed by atoms with van der Waals surface area (Å²) in [5.41, 5.74) is 5.61. The first kappa shape index (κ1) is 33.1. The second-order valence-corrected chi connectivity index (χ2v) is 11.4. The van der Waals surface area contributed by atoms with Crippen LogP contribution in [0.15, 0.2) is 117 Å². The fourth-order valence-corrected chi connectivity index (χ4v) is 5.34. The highest BCUT2D eigenvalue weighted by Crippen LogP contribution is 2.27. The van der Waals surface area contributed by atoms with Crippen LogP contribution in [0.5, 0.6) is 0 Å². The Labute approximate surface area is 292 Å². The van der Waals surface area contributed by atoms with E-state index in [9.17, 15) is 9.59 Å². The van der Waals surface area contributed by atoms with Crippen molar-refractivity contribution in [1.29, 1.82) is 5.26 Å². The normalized spacial score (nSPS) is 10.5. The van der Waals surface area contributed by atoms with E-state index in [1.54, 1.807) is 90.5 Å². The highest BCUT2D eigenvalue weighted by atomic mass is 35.5. The number of carbonyl (C=O) groups is 2. The van der Waals surface area contributed by atoms with Gasteiger partial charge in [0.25, 0.3) is 18.1 Å². The lowest BCUT2D eigenvalue weighted by atomic mass is 10.1. The maximum Gasteiger partial charge on any atom is 0.291 e. The van der Waals surface area contributed by atoms with E-state index >= 15 is 0 Å². The summed E-state index contributed by atoms with van der Waals surface area (Å²) in [6, 6.07) is 17.1. The molecule has 0 aliphatic carbocycles. The molecule has 2 amide bonds. The number of nitrogens with zero attached hydrogens (tertiary/aromatic N) is 9. The molecule has 0 spiro atoms. The highest BCUT2D eigenvalue weighted by molar-refractivity contribution is 6.31. The molecule has 0 saturated heterocycles. The van der Waals surface area contributed by atoms with Crippen LogP contribution >= 0.6 is 11.6 Å². The zero-order chi connectivity index (χ0) is 35.0. The zero-order valence-corrected chi connectivity index (χ0v) is 27.7. The fourth-order valence-electron chi connectivity index (χ4n) is 5.11. The Bertz CT molecular complexity index is 2230. The van der Waals surface area contributed by atoms with Crippen LogP contribution in [0, 0.1) is 11.3 Å². The third-order valence-corrected chi connectivity index (χ3v) is 7.81. The first-order valence-corrected chi connectivity index (χ1v) is 15.7. The van der Waals surface area contributed by atoms with Crippen molar-refractivity contribution < 1.29 is 14.2 Å². The molecule has 14 heteroatoms. The van der Waals surface area contributed by atoms with Gasteiger partial charge in [0.2, 0.25) is 0 Å². The number of carbonyl (C=O) groups excluding carboxylic acids is 2. The maximum absolute atomic E-state index is 13.4. The molecular formula is C36H29ClN11O2+. The topological polar surface area (TPSA) is 157 Å². The lowest BCUT2D eigenvalue weighted by Crippen LogP contribution is -2.32. The summed E-state index contributed by atoms with van der Waals surface area (Å²) in [4.78, 5) is 51.3. The van der Waals surface area contributed by atoms with Crippen molar-refractivity contribution in [3.05, 3.63) is 139 Å². The number of aromatic nitrogens is 6. The lowest BCUT2D eigenvalue weighted by molar-refractivity contribution is -0.598. The van der Waals surface area contributed by atoms with Gasteiger partial charge in [-0.2, -0.15) is 5.26 Å². The van der Waals surface area contributed by atoms with Crippen molar-refractivity contribution >= 4 is 57.5 Å². The van der Waals surface area contributed by atoms with Crippen LogP contribution in [-0.4, -0.2) is 50.3 Å². The summed E-state index contributed by atoms with van der Waals surface area (Å²) >= 11 is 6.51. The summed E-state index contributed by atoms with van der Waals surface area (Å²) in [5.74, 6) is -0.734. The number of benzene rings is 2. The van der Waals surface area contributed by atoms with Gasteiger partial charge in [0.1, 0.15) is 23.9 Å². The fraction of sp³-hybridized carbons (Fsp3) is 0.0833. The van der Waals surface area contributed by atoms with Crippen LogP contribution in [0.4, 0.5) is 34.1 Å². The predicted molar refractivity (Wildman–Crippen MR) is 189 cm³/mol. The van der Waals surface area contributed by atoms with Crippen LogP contribution in [0.3, 0.4) is 0 Å². The molecule has 4 heterocycles. The quantitative estimate of drug-likeness (QED) is 0.167. The monoisotopic (exact) mass is 682 g/mol. The summed E-state index contributed by atoms with van der Waals surface area (Å²) in [5, 5.41) is 15.3. The summed E-state index contributed by atoms with van der Waals surface area (Å²) in [7, 11) is 1.84. The lowest BCUT2D eigenvalue weighted by Gasteiger charge is -2.22. The Morgan fingerprint density at radius 1 is 0.780 bits per heavy atom. The number of nitriles is 1. The third-order valence-electron chi connectivity index (χ3n) is 7.59. The van der Waals surface area contributed by atoms with Gasteiger partial charge in [0.15, 0.2) is 6.20 Å². The predicted octanol–water partition coefficient (Wildman–Crippen LogP) is 5.89. The minimum Gasteiger partial charge on any atom is -0.338 e. The van der Waals surface area contributed by atoms with Gasteiger partial charge >= 0.3 is 0 Å². The van der Waals surface area contributed by atoms with Crippen LogP contribution in [0.2, 0.25) is 5.02 Å². The number of pyridine rings is 2. The Balaban J connectivity index is 1.19. The smallest absolute Gasteiger partial charge is 0.291 e. The van der Waals surface area contributed by atoms with Gasteiger partial charge in [-0.05, 0) is 49.4 Å². The van der Waals surface area contributed by atoms with Crippen molar-refractivity contribution in [1.82, 2.24) is 24.9 Å². The number of halogens is 1. The van der Waals surface area contributed by atoms with E-state index in [2.05, 4.69) is 35.6 Å². The molecule has 0 bridgehead atoms. The van der Waals surface area contributed by atoms with E-state index in [-0.39, 0.29) is 11.8 Å². The van der Waals surface area contributed by atoms with Gasteiger partial charge in [-0.15, -0.1) is 0 Å². The average Bonchev–Trinajstić information content (AvgIpc) is 3.15. The molecule has 50 heavy (non-hydrogen) atoms. The van der Waals surface area contributed by atoms with E-state index in [0.717, 1.165) is 11.4 Å². The SMILES string of the molecule is CCN(c1cncnc1)c1cncc(NC(=O)c2cc(Cl)cc(-[n+]3cncc(N(C)c4cncc(NC(=O)c5cccc(C#N)c5)c4)c3)c2)c1. The molecule has 4 aromatic heterocycles. The molecule has 0 unspecified atom stereocenters. The van der Waals surface area contributed by atoms with Crippen LogP contribution < -0.4 is 25.0 Å². The van der Waals surface area contributed by atoms with Gasteiger partial charge in [-0.25, -0.2) is 14.5 Å². The van der Waals surface area contributed by atoms with Crippen molar-refractivity contribution in [2.24, 2.45) is 0 Å². The largest absolute Gasteiger partial charge is 0.338 e. The standard InChI is InChI=1S/C36H28ClN11O2/c1-3-48(33-18-41-22-42-19-33)32-12-29(15-40-17-32)45-36(50)26-8-27(37)10-30(9-26)47-21-34(20-43-23-47)46(2)31-11-28(14-39-16-31)44-35(49)25-6-4-5-24(7-25)13-38/h4-12,14-23H,3H2,1-2H3,(H-,44,45,49,50)/p+1. The Kier molecular flexibility index (Phi) is 9.92. The molecule has 6 aromatic rings. The van der Waals surface area contributed by atoms with Crippen molar-refractivity contribution in [3.63, 3.8) is 0 Å². The minimum absolute atomic E-state index is 0.334. The maximum atomic E-state index is 13.4. The molecule has 0 aliphatic heterocycles. The first-order chi connectivity index (χ1) is 24.3. The Morgan fingerprint density at radius 2 is 1.44 bits per heavy atom. The molecule has 6 rings (SSSR count). The van der Waals surface area contributed by atoms with E-state index in [1.165, 1.54) is 18.6 Å². The van der Waals surface area contributed by atoms with E-state index in [0.29, 0.717) is 56.7 Å². The molecular weight excluding hydrogens is 654 g/mol. The Hall–Kier alpha value is -6.78. The number of hydrogen-bond acceptors (Lipinski definition) is 10. The molecule has 246 valence electrons. The van der Waals surface area contributed by atoms with Gasteiger partial charge in [0, 0.05) is 35.8 Å². The number of rotatable bonds is 10. The van der Waals surface area contributed by atoms with Crippen molar-refractivity contribution in [3.8, 4) is 11.8 Å². The van der Waals surface area contributed by atoms with Gasteiger partial charge < -0.3 is 20.4 Å². The molecule has 0 fully saturated rings.